The summed E-state index contributed by atoms with van der Waals surface area (Å²) in [6, 6.07) is 16.7. The average Bonchev–Trinajstić information content (AvgIpc) is 3.10. The second-order valence-corrected chi connectivity index (χ2v) is 6.95. The molecule has 130 valence electrons. The van der Waals surface area contributed by atoms with Gasteiger partial charge >= 0.3 is 0 Å². The molecule has 0 bridgehead atoms. The molecule has 6 heteroatoms. The Kier molecular flexibility index (Phi) is 5.38. The van der Waals surface area contributed by atoms with Gasteiger partial charge in [-0.1, -0.05) is 52.3 Å². The smallest absolute Gasteiger partial charge is 0.268 e. The van der Waals surface area contributed by atoms with Crippen LogP contribution in [0.15, 0.2) is 59.1 Å². The van der Waals surface area contributed by atoms with Crippen LogP contribution in [0.2, 0.25) is 0 Å². The van der Waals surface area contributed by atoms with Crippen molar-refractivity contribution in [2.24, 2.45) is 11.7 Å². The second kappa shape index (κ2) is 7.70. The summed E-state index contributed by atoms with van der Waals surface area (Å²) in [5.74, 6) is -0.206. The van der Waals surface area contributed by atoms with E-state index in [1.165, 1.54) is 0 Å². The molecule has 2 N–H and O–H groups in total. The molecule has 0 aromatic heterocycles. The van der Waals surface area contributed by atoms with Crippen molar-refractivity contribution in [3.05, 3.63) is 64.6 Å². The molecule has 1 heterocycles. The lowest BCUT2D eigenvalue weighted by atomic mass is 10.1. The maximum atomic E-state index is 13.0. The van der Waals surface area contributed by atoms with Crippen LogP contribution in [-0.2, 0) is 9.59 Å². The number of carbonyl (C=O) groups is 2. The van der Waals surface area contributed by atoms with E-state index in [0.29, 0.717) is 25.3 Å². The maximum Gasteiger partial charge on any atom is 0.268 e. The fraction of sp³-hybridized carbons (Fsp3) is 0.263. The van der Waals surface area contributed by atoms with E-state index in [1.54, 1.807) is 4.90 Å². The fourth-order valence-corrected chi connectivity index (χ4v) is 3.30. The van der Waals surface area contributed by atoms with Gasteiger partial charge in [0.1, 0.15) is 5.75 Å². The molecule has 1 aliphatic heterocycles. The zero-order chi connectivity index (χ0) is 17.8. The van der Waals surface area contributed by atoms with E-state index in [0.717, 1.165) is 10.0 Å². The van der Waals surface area contributed by atoms with Gasteiger partial charge in [0.15, 0.2) is 0 Å². The number of nitrogens with two attached hydrogens (primary N) is 1. The van der Waals surface area contributed by atoms with Gasteiger partial charge in [0, 0.05) is 23.1 Å². The summed E-state index contributed by atoms with van der Waals surface area (Å²) >= 11 is 3.41. The number of nitrogens with zero attached hydrogens (tertiary/aromatic N) is 1. The first-order chi connectivity index (χ1) is 12.0. The Bertz CT molecular complexity index is 766. The lowest BCUT2D eigenvalue weighted by Crippen LogP contribution is -2.37. The van der Waals surface area contributed by atoms with Crippen molar-refractivity contribution >= 4 is 27.7 Å². The van der Waals surface area contributed by atoms with E-state index in [9.17, 15) is 9.59 Å². The van der Waals surface area contributed by atoms with Gasteiger partial charge in [-0.05, 0) is 24.6 Å². The predicted molar refractivity (Wildman–Crippen MR) is 97.8 cm³/mol. The molecule has 0 saturated carbocycles. The number of ether oxygens (including phenoxy) is 1. The largest absolute Gasteiger partial charge is 0.476 e. The lowest BCUT2D eigenvalue weighted by molar-refractivity contribution is -0.138. The number of hydrogen-bond acceptors (Lipinski definition) is 3. The molecule has 2 aromatic carbocycles. The maximum absolute atomic E-state index is 13.0. The molecule has 1 aliphatic rings. The Morgan fingerprint density at radius 3 is 2.56 bits per heavy atom. The van der Waals surface area contributed by atoms with Crippen LogP contribution in [0.3, 0.4) is 0 Å². The summed E-state index contributed by atoms with van der Waals surface area (Å²) in [7, 11) is 0. The summed E-state index contributed by atoms with van der Waals surface area (Å²) in [5, 5.41) is 0. The number of halogens is 1. The minimum atomic E-state index is -0.762. The van der Waals surface area contributed by atoms with E-state index < -0.39 is 6.10 Å². The van der Waals surface area contributed by atoms with Gasteiger partial charge in [0.05, 0.1) is 5.92 Å². The highest BCUT2D eigenvalue weighted by atomic mass is 79.9. The Morgan fingerprint density at radius 2 is 1.92 bits per heavy atom. The van der Waals surface area contributed by atoms with E-state index >= 15 is 0 Å². The molecule has 0 radical (unpaired) electrons. The highest BCUT2D eigenvalue weighted by Gasteiger charge is 2.35. The van der Waals surface area contributed by atoms with Crippen LogP contribution < -0.4 is 10.5 Å². The summed E-state index contributed by atoms with van der Waals surface area (Å²) in [6.07, 6.45) is -0.165. The van der Waals surface area contributed by atoms with Gasteiger partial charge in [-0.2, -0.15) is 0 Å². The van der Waals surface area contributed by atoms with Gasteiger partial charge in [0.25, 0.3) is 5.91 Å². The third-order valence-electron chi connectivity index (χ3n) is 4.28. The van der Waals surface area contributed by atoms with Gasteiger partial charge < -0.3 is 15.4 Å². The lowest BCUT2D eigenvalue weighted by Gasteiger charge is -2.24. The first kappa shape index (κ1) is 17.5. The van der Waals surface area contributed by atoms with Crippen LogP contribution in [0.5, 0.6) is 5.75 Å². The molecule has 2 amide bonds. The Labute approximate surface area is 154 Å². The van der Waals surface area contributed by atoms with Crippen molar-refractivity contribution < 1.29 is 14.3 Å². The van der Waals surface area contributed by atoms with E-state index in [2.05, 4.69) is 15.9 Å². The average molecular weight is 403 g/mol. The van der Waals surface area contributed by atoms with Crippen LogP contribution in [0.25, 0.3) is 0 Å². The van der Waals surface area contributed by atoms with E-state index in [-0.39, 0.29) is 17.7 Å². The highest BCUT2D eigenvalue weighted by molar-refractivity contribution is 9.10. The van der Waals surface area contributed by atoms with Crippen LogP contribution in [-0.4, -0.2) is 29.8 Å². The van der Waals surface area contributed by atoms with Crippen molar-refractivity contribution in [3.63, 3.8) is 0 Å². The van der Waals surface area contributed by atoms with Gasteiger partial charge in [-0.3, -0.25) is 9.59 Å². The normalized spacial score (nSPS) is 18.0. The molecule has 1 saturated heterocycles. The fourth-order valence-electron chi connectivity index (χ4n) is 2.92. The number of benzene rings is 2. The Balaban J connectivity index is 1.84. The second-order valence-electron chi connectivity index (χ2n) is 6.04. The molecule has 2 atom stereocenters. The number of carbonyl (C=O) groups excluding carboxylic acids is 2. The predicted octanol–water partition coefficient (Wildman–Crippen LogP) is 2.90. The third kappa shape index (κ3) is 4.20. The molecule has 25 heavy (non-hydrogen) atoms. The summed E-state index contributed by atoms with van der Waals surface area (Å²) in [4.78, 5) is 26.1. The topological polar surface area (TPSA) is 72.6 Å². The van der Waals surface area contributed by atoms with Gasteiger partial charge in [-0.25, -0.2) is 0 Å². The minimum Gasteiger partial charge on any atom is -0.476 e. The van der Waals surface area contributed by atoms with Crippen LogP contribution in [0.1, 0.15) is 18.1 Å². The number of amides is 2. The van der Waals surface area contributed by atoms with Gasteiger partial charge in [0.2, 0.25) is 12.0 Å². The molecule has 3 rings (SSSR count). The Hall–Kier alpha value is -2.34. The van der Waals surface area contributed by atoms with Crippen LogP contribution >= 0.6 is 15.9 Å². The summed E-state index contributed by atoms with van der Waals surface area (Å²) in [5.41, 5.74) is 6.15. The van der Waals surface area contributed by atoms with Gasteiger partial charge in [-0.15, -0.1) is 0 Å². The summed E-state index contributed by atoms with van der Waals surface area (Å²) < 4.78 is 6.89. The van der Waals surface area contributed by atoms with Crippen LogP contribution in [0.4, 0.5) is 0 Å². The first-order valence-corrected chi connectivity index (χ1v) is 8.89. The van der Waals surface area contributed by atoms with Crippen molar-refractivity contribution in [1.82, 2.24) is 4.90 Å². The van der Waals surface area contributed by atoms with Crippen molar-refractivity contribution in [2.45, 2.75) is 12.5 Å². The molecule has 5 nitrogen and oxygen atoms in total. The van der Waals surface area contributed by atoms with E-state index in [4.69, 9.17) is 10.5 Å². The SMILES string of the molecule is NC(=O)[C@H]1CCN(C(=O)[C@H](Oc2cccc(Br)c2)c2ccccc2)C1. The first-order valence-electron chi connectivity index (χ1n) is 8.10. The van der Waals surface area contributed by atoms with Crippen LogP contribution in [0, 0.1) is 5.92 Å². The minimum absolute atomic E-state index is 0.157. The molecule has 0 aliphatic carbocycles. The molecule has 1 fully saturated rings. The third-order valence-corrected chi connectivity index (χ3v) is 4.77. The molecule has 0 unspecified atom stereocenters. The summed E-state index contributed by atoms with van der Waals surface area (Å²) in [6.45, 7) is 0.858. The number of likely N-dealkylation sites (tertiary alicyclic amines) is 1. The Morgan fingerprint density at radius 1 is 1.16 bits per heavy atom. The zero-order valence-corrected chi connectivity index (χ0v) is 15.2. The molecule has 0 spiro atoms. The number of hydrogen-bond donors (Lipinski definition) is 1. The quantitative estimate of drug-likeness (QED) is 0.835. The number of primary amides is 1. The van der Waals surface area contributed by atoms with Crippen molar-refractivity contribution in [2.75, 3.05) is 13.1 Å². The zero-order valence-electron chi connectivity index (χ0n) is 13.6. The van der Waals surface area contributed by atoms with Crippen molar-refractivity contribution in [3.8, 4) is 5.75 Å². The van der Waals surface area contributed by atoms with E-state index in [1.807, 2.05) is 54.6 Å². The highest BCUT2D eigenvalue weighted by Crippen LogP contribution is 2.28. The van der Waals surface area contributed by atoms with Crippen molar-refractivity contribution in [1.29, 1.82) is 0 Å². The monoisotopic (exact) mass is 402 g/mol. The standard InChI is InChI=1S/C19H19BrN2O3/c20-15-7-4-8-16(11-15)25-17(13-5-2-1-3-6-13)19(24)22-10-9-14(12-22)18(21)23/h1-8,11,14,17H,9-10,12H2,(H2,21,23)/t14-,17+/m0/s1. The number of rotatable bonds is 5. The molecular weight excluding hydrogens is 384 g/mol. The molecular formula is C19H19BrN2O3. The molecule has 2 aromatic rings.